The van der Waals surface area contributed by atoms with Gasteiger partial charge in [0.1, 0.15) is 5.75 Å². The minimum atomic E-state index is -0.592. The first kappa shape index (κ1) is 27.4. The van der Waals surface area contributed by atoms with Gasteiger partial charge in [0.05, 0.1) is 30.3 Å². The fraction of sp³-hybridized carbons (Fsp3) is 0.517. The van der Waals surface area contributed by atoms with Crippen molar-refractivity contribution in [3.05, 3.63) is 64.7 Å². The molecule has 0 saturated carbocycles. The minimum absolute atomic E-state index is 0.149. The van der Waals surface area contributed by atoms with E-state index in [1.54, 1.807) is 19.2 Å². The number of aryl methyl sites for hydroxylation is 1. The lowest BCUT2D eigenvalue weighted by molar-refractivity contribution is 0.0378. The second-order valence-electron chi connectivity index (χ2n) is 9.73. The lowest BCUT2D eigenvalue weighted by atomic mass is 9.69. The molecule has 0 spiro atoms. The SMILES string of the molecule is COc1cc(CCN(C)CCCC(C#N)(c2ccc(C(=O)OC(C)C)cc2)C(C)C)ccc1C. The van der Waals surface area contributed by atoms with Gasteiger partial charge >= 0.3 is 5.97 Å². The second-order valence-corrected chi connectivity index (χ2v) is 9.73. The summed E-state index contributed by atoms with van der Waals surface area (Å²) < 4.78 is 10.7. The Bertz CT molecular complexity index is 976. The molecule has 184 valence electrons. The van der Waals surface area contributed by atoms with Crippen LogP contribution in [0.25, 0.3) is 0 Å². The van der Waals surface area contributed by atoms with E-state index in [0.717, 1.165) is 49.2 Å². The number of likely N-dealkylation sites (N-methyl/N-ethyl adjacent to an activating group) is 1. The summed E-state index contributed by atoms with van der Waals surface area (Å²) in [6.07, 6.45) is 2.47. The number of carbonyl (C=O) groups excluding carboxylic acids is 1. The fourth-order valence-corrected chi connectivity index (χ4v) is 4.28. The summed E-state index contributed by atoms with van der Waals surface area (Å²) in [5.74, 6) is 0.747. The summed E-state index contributed by atoms with van der Waals surface area (Å²) in [5.41, 5.74) is 3.29. The van der Waals surface area contributed by atoms with Gasteiger partial charge in [-0.05, 0) is 94.4 Å². The maximum atomic E-state index is 12.2. The van der Waals surface area contributed by atoms with Gasteiger partial charge in [-0.2, -0.15) is 5.26 Å². The molecule has 1 atom stereocenters. The van der Waals surface area contributed by atoms with Crippen molar-refractivity contribution in [3.63, 3.8) is 0 Å². The van der Waals surface area contributed by atoms with Crippen molar-refractivity contribution >= 4 is 5.97 Å². The summed E-state index contributed by atoms with van der Waals surface area (Å²) in [6, 6.07) is 16.4. The number of esters is 1. The number of methoxy groups -OCH3 is 1. The average molecular weight is 465 g/mol. The van der Waals surface area contributed by atoms with Gasteiger partial charge in [0.15, 0.2) is 0 Å². The molecule has 0 aromatic heterocycles. The number of hydrogen-bond donors (Lipinski definition) is 0. The molecule has 0 aliphatic heterocycles. The van der Waals surface area contributed by atoms with E-state index in [4.69, 9.17) is 9.47 Å². The molecule has 0 bridgehead atoms. The lowest BCUT2D eigenvalue weighted by Crippen LogP contribution is -2.32. The first-order valence-corrected chi connectivity index (χ1v) is 12.2. The molecular formula is C29H40N2O3. The van der Waals surface area contributed by atoms with Crippen LogP contribution in [0.5, 0.6) is 5.75 Å². The predicted molar refractivity (Wildman–Crippen MR) is 137 cm³/mol. The maximum Gasteiger partial charge on any atom is 0.338 e. The third kappa shape index (κ3) is 7.08. The summed E-state index contributed by atoms with van der Waals surface area (Å²) in [5, 5.41) is 10.2. The van der Waals surface area contributed by atoms with Crippen LogP contribution >= 0.6 is 0 Å². The summed E-state index contributed by atoms with van der Waals surface area (Å²) in [6.45, 7) is 11.8. The second kappa shape index (κ2) is 12.6. The van der Waals surface area contributed by atoms with Crippen molar-refractivity contribution in [2.75, 3.05) is 27.2 Å². The van der Waals surface area contributed by atoms with Crippen LogP contribution in [0.1, 0.15) is 67.6 Å². The van der Waals surface area contributed by atoms with Crippen LogP contribution in [0.2, 0.25) is 0 Å². The first-order chi connectivity index (χ1) is 16.1. The van der Waals surface area contributed by atoms with E-state index >= 15 is 0 Å². The highest BCUT2D eigenvalue weighted by Gasteiger charge is 2.35. The van der Waals surface area contributed by atoms with Gasteiger partial charge in [0.25, 0.3) is 0 Å². The van der Waals surface area contributed by atoms with E-state index in [2.05, 4.69) is 57.0 Å². The highest BCUT2D eigenvalue weighted by Crippen LogP contribution is 2.36. The standard InChI is InChI=1S/C29H40N2O3/c1-21(2)29(20-30,26-13-11-25(12-14-26)28(32)34-22(3)4)16-8-17-31(6)18-15-24-10-9-23(5)27(19-24)33-7/h9-14,19,21-22H,8,15-18H2,1-7H3. The number of carbonyl (C=O) groups is 1. The monoisotopic (exact) mass is 464 g/mol. The van der Waals surface area contributed by atoms with Crippen molar-refractivity contribution in [1.82, 2.24) is 4.90 Å². The van der Waals surface area contributed by atoms with Crippen molar-refractivity contribution < 1.29 is 14.3 Å². The van der Waals surface area contributed by atoms with E-state index in [0.29, 0.717) is 5.56 Å². The van der Waals surface area contributed by atoms with Gasteiger partial charge in [0, 0.05) is 6.54 Å². The van der Waals surface area contributed by atoms with Gasteiger partial charge in [-0.25, -0.2) is 4.79 Å². The van der Waals surface area contributed by atoms with Crippen molar-refractivity contribution in [2.24, 2.45) is 5.92 Å². The number of nitrogens with zero attached hydrogens (tertiary/aromatic N) is 2. The van der Waals surface area contributed by atoms with Crippen LogP contribution in [0, 0.1) is 24.2 Å². The third-order valence-corrected chi connectivity index (χ3v) is 6.53. The van der Waals surface area contributed by atoms with E-state index in [1.807, 2.05) is 26.0 Å². The van der Waals surface area contributed by atoms with Crippen LogP contribution < -0.4 is 4.74 Å². The van der Waals surface area contributed by atoms with E-state index in [9.17, 15) is 10.1 Å². The van der Waals surface area contributed by atoms with Crippen LogP contribution in [0.3, 0.4) is 0 Å². The summed E-state index contributed by atoms with van der Waals surface area (Å²) in [7, 11) is 3.84. The topological polar surface area (TPSA) is 62.6 Å². The highest BCUT2D eigenvalue weighted by molar-refractivity contribution is 5.89. The Hall–Kier alpha value is -2.84. The van der Waals surface area contributed by atoms with Crippen molar-refractivity contribution in [1.29, 1.82) is 5.26 Å². The van der Waals surface area contributed by atoms with E-state index in [-0.39, 0.29) is 18.0 Å². The zero-order chi connectivity index (χ0) is 25.3. The zero-order valence-electron chi connectivity index (χ0n) is 21.9. The molecular weight excluding hydrogens is 424 g/mol. The largest absolute Gasteiger partial charge is 0.496 e. The average Bonchev–Trinajstić information content (AvgIpc) is 2.81. The molecule has 0 amide bonds. The number of rotatable bonds is 12. The van der Waals surface area contributed by atoms with Crippen LogP contribution in [0.15, 0.2) is 42.5 Å². The zero-order valence-corrected chi connectivity index (χ0v) is 21.9. The van der Waals surface area contributed by atoms with Crippen LogP contribution in [-0.2, 0) is 16.6 Å². The smallest absolute Gasteiger partial charge is 0.338 e. The summed E-state index contributed by atoms with van der Waals surface area (Å²) >= 11 is 0. The third-order valence-electron chi connectivity index (χ3n) is 6.53. The molecule has 2 aromatic carbocycles. The number of ether oxygens (including phenoxy) is 2. The van der Waals surface area contributed by atoms with Gasteiger partial charge in [-0.15, -0.1) is 0 Å². The molecule has 0 heterocycles. The molecule has 0 saturated heterocycles. The number of hydrogen-bond acceptors (Lipinski definition) is 5. The predicted octanol–water partition coefficient (Wildman–Crippen LogP) is 5.94. The molecule has 5 heteroatoms. The Labute approximate surface area is 205 Å². The highest BCUT2D eigenvalue weighted by atomic mass is 16.5. The van der Waals surface area contributed by atoms with Gasteiger partial charge in [0.2, 0.25) is 0 Å². The Morgan fingerprint density at radius 2 is 1.76 bits per heavy atom. The van der Waals surface area contributed by atoms with Crippen molar-refractivity contribution in [2.45, 2.75) is 65.4 Å². The number of nitriles is 1. The molecule has 0 N–H and O–H groups in total. The Balaban J connectivity index is 1.99. The van der Waals surface area contributed by atoms with Gasteiger partial charge in [-0.1, -0.05) is 38.1 Å². The van der Waals surface area contributed by atoms with Gasteiger partial charge < -0.3 is 14.4 Å². The van der Waals surface area contributed by atoms with E-state index < -0.39 is 5.41 Å². The lowest BCUT2D eigenvalue weighted by Gasteiger charge is -2.32. The Morgan fingerprint density at radius 1 is 1.09 bits per heavy atom. The van der Waals surface area contributed by atoms with Crippen LogP contribution in [-0.4, -0.2) is 44.2 Å². The maximum absolute atomic E-state index is 12.2. The first-order valence-electron chi connectivity index (χ1n) is 12.2. The van der Waals surface area contributed by atoms with E-state index in [1.165, 1.54) is 5.56 Å². The molecule has 1 unspecified atom stereocenters. The Kier molecular flexibility index (Phi) is 10.1. The molecule has 34 heavy (non-hydrogen) atoms. The molecule has 0 aliphatic carbocycles. The molecule has 2 aromatic rings. The normalized spacial score (nSPS) is 13.1. The number of benzene rings is 2. The quantitative estimate of drug-likeness (QED) is 0.364. The molecule has 2 rings (SSSR count). The summed E-state index contributed by atoms with van der Waals surface area (Å²) in [4.78, 5) is 14.5. The molecule has 5 nitrogen and oxygen atoms in total. The fourth-order valence-electron chi connectivity index (χ4n) is 4.28. The van der Waals surface area contributed by atoms with Crippen molar-refractivity contribution in [3.8, 4) is 11.8 Å². The molecule has 0 radical (unpaired) electrons. The molecule has 0 aliphatic rings. The minimum Gasteiger partial charge on any atom is -0.496 e. The Morgan fingerprint density at radius 3 is 2.32 bits per heavy atom. The van der Waals surface area contributed by atoms with Gasteiger partial charge in [-0.3, -0.25) is 0 Å². The molecule has 0 fully saturated rings. The van der Waals surface area contributed by atoms with Crippen LogP contribution in [0.4, 0.5) is 0 Å².